The molecule has 8 heteroatoms. The van der Waals surface area contributed by atoms with Gasteiger partial charge in [-0.15, -0.1) is 0 Å². The second-order valence-corrected chi connectivity index (χ2v) is 12.4. The van der Waals surface area contributed by atoms with Crippen LogP contribution in [0.1, 0.15) is 135 Å². The number of aromatic nitrogens is 2. The Bertz CT molecular complexity index is 1070. The van der Waals surface area contributed by atoms with Gasteiger partial charge in [-0.2, -0.15) is 0 Å². The SMILES string of the molecule is CCCCCCCCCCCCOC(=O)OC1CCN(C(=O)Oc2ccc(-c3cnc(CCCCCCCC)nc3)cc2)CC1. The van der Waals surface area contributed by atoms with Gasteiger partial charge in [0.15, 0.2) is 0 Å². The number of unbranched alkanes of at least 4 members (excludes halogenated alkanes) is 14. The molecular weight excluding hydrogens is 566 g/mol. The molecule has 3 rings (SSSR count). The normalized spacial score (nSPS) is 13.5. The maximum atomic E-state index is 12.7. The van der Waals surface area contributed by atoms with Crippen LogP contribution in [0, 0.1) is 0 Å². The van der Waals surface area contributed by atoms with Crippen LogP contribution in [0.25, 0.3) is 11.1 Å². The molecule has 250 valence electrons. The molecule has 0 saturated carbocycles. The number of rotatable bonds is 21. The second kappa shape index (κ2) is 22.4. The number of aryl methyl sites for hydroxylation is 1. The highest BCUT2D eigenvalue weighted by Gasteiger charge is 2.27. The van der Waals surface area contributed by atoms with Gasteiger partial charge in [-0.3, -0.25) is 0 Å². The fourth-order valence-corrected chi connectivity index (χ4v) is 5.65. The Labute approximate surface area is 271 Å². The average molecular weight is 624 g/mol. The molecule has 1 saturated heterocycles. The lowest BCUT2D eigenvalue weighted by Crippen LogP contribution is -2.42. The predicted molar refractivity (Wildman–Crippen MR) is 179 cm³/mol. The van der Waals surface area contributed by atoms with Crippen molar-refractivity contribution in [3.8, 4) is 16.9 Å². The first kappa shape index (κ1) is 36.3. The molecule has 1 aromatic carbocycles. The van der Waals surface area contributed by atoms with E-state index in [1.54, 1.807) is 17.0 Å². The molecule has 1 amide bonds. The Morgan fingerprint density at radius 3 is 1.82 bits per heavy atom. The second-order valence-electron chi connectivity index (χ2n) is 12.4. The molecule has 1 aliphatic rings. The lowest BCUT2D eigenvalue weighted by molar-refractivity contribution is 0.00176. The van der Waals surface area contributed by atoms with E-state index < -0.39 is 12.2 Å². The highest BCUT2D eigenvalue weighted by atomic mass is 16.7. The number of hydrogen-bond donors (Lipinski definition) is 0. The van der Waals surface area contributed by atoms with Gasteiger partial charge in [-0.05, 0) is 30.5 Å². The number of amides is 1. The van der Waals surface area contributed by atoms with E-state index in [2.05, 4.69) is 23.8 Å². The highest BCUT2D eigenvalue weighted by Crippen LogP contribution is 2.23. The van der Waals surface area contributed by atoms with Crippen LogP contribution in [0.5, 0.6) is 5.75 Å². The summed E-state index contributed by atoms with van der Waals surface area (Å²) in [5, 5.41) is 0. The van der Waals surface area contributed by atoms with Crippen LogP contribution in [-0.2, 0) is 15.9 Å². The monoisotopic (exact) mass is 623 g/mol. The van der Waals surface area contributed by atoms with Crippen LogP contribution in [0.3, 0.4) is 0 Å². The molecule has 0 bridgehead atoms. The molecule has 0 aliphatic carbocycles. The van der Waals surface area contributed by atoms with Crippen molar-refractivity contribution in [3.05, 3.63) is 42.5 Å². The van der Waals surface area contributed by atoms with E-state index in [1.807, 2.05) is 24.5 Å². The molecule has 1 aliphatic heterocycles. The van der Waals surface area contributed by atoms with Gasteiger partial charge in [0.05, 0.1) is 6.61 Å². The predicted octanol–water partition coefficient (Wildman–Crippen LogP) is 10.1. The third-order valence-electron chi connectivity index (χ3n) is 8.53. The molecule has 2 heterocycles. The zero-order valence-corrected chi connectivity index (χ0v) is 28.0. The summed E-state index contributed by atoms with van der Waals surface area (Å²) >= 11 is 0. The summed E-state index contributed by atoms with van der Waals surface area (Å²) in [4.78, 5) is 35.6. The molecule has 0 N–H and O–H groups in total. The zero-order chi connectivity index (χ0) is 32.0. The van der Waals surface area contributed by atoms with Crippen LogP contribution in [0.2, 0.25) is 0 Å². The summed E-state index contributed by atoms with van der Waals surface area (Å²) < 4.78 is 16.4. The van der Waals surface area contributed by atoms with Crippen LogP contribution < -0.4 is 4.74 Å². The maximum Gasteiger partial charge on any atom is 0.508 e. The zero-order valence-electron chi connectivity index (χ0n) is 28.0. The van der Waals surface area contributed by atoms with Gasteiger partial charge in [0, 0.05) is 50.3 Å². The largest absolute Gasteiger partial charge is 0.508 e. The summed E-state index contributed by atoms with van der Waals surface area (Å²) in [6.07, 6.45) is 24.4. The smallest absolute Gasteiger partial charge is 0.434 e. The molecule has 2 aromatic rings. The summed E-state index contributed by atoms with van der Waals surface area (Å²) in [5.74, 6) is 1.37. The van der Waals surface area contributed by atoms with Crippen LogP contribution in [0.4, 0.5) is 9.59 Å². The Kier molecular flexibility index (Phi) is 18.0. The minimum Gasteiger partial charge on any atom is -0.434 e. The molecule has 1 fully saturated rings. The van der Waals surface area contributed by atoms with E-state index in [4.69, 9.17) is 14.2 Å². The molecule has 0 atom stereocenters. The maximum absolute atomic E-state index is 12.7. The van der Waals surface area contributed by atoms with Gasteiger partial charge < -0.3 is 19.1 Å². The highest BCUT2D eigenvalue weighted by molar-refractivity contribution is 5.71. The number of hydrogen-bond acceptors (Lipinski definition) is 7. The number of piperidine rings is 1. The van der Waals surface area contributed by atoms with Crippen LogP contribution in [0.15, 0.2) is 36.7 Å². The van der Waals surface area contributed by atoms with E-state index in [0.717, 1.165) is 42.6 Å². The fourth-order valence-electron chi connectivity index (χ4n) is 5.65. The van der Waals surface area contributed by atoms with Crippen molar-refractivity contribution in [1.29, 1.82) is 0 Å². The van der Waals surface area contributed by atoms with Crippen molar-refractivity contribution in [2.45, 2.75) is 142 Å². The van der Waals surface area contributed by atoms with Gasteiger partial charge in [0.1, 0.15) is 17.7 Å². The minimum atomic E-state index is -0.607. The fraction of sp³-hybridized carbons (Fsp3) is 0.676. The van der Waals surface area contributed by atoms with Crippen molar-refractivity contribution in [3.63, 3.8) is 0 Å². The quantitative estimate of drug-likeness (QED) is 0.101. The van der Waals surface area contributed by atoms with Gasteiger partial charge in [-0.25, -0.2) is 19.6 Å². The molecule has 45 heavy (non-hydrogen) atoms. The van der Waals surface area contributed by atoms with Gasteiger partial charge in [0.25, 0.3) is 0 Å². The van der Waals surface area contributed by atoms with Crippen molar-refractivity contribution >= 4 is 12.2 Å². The van der Waals surface area contributed by atoms with E-state index in [0.29, 0.717) is 38.3 Å². The Morgan fingerprint density at radius 1 is 0.711 bits per heavy atom. The molecule has 8 nitrogen and oxygen atoms in total. The summed E-state index contributed by atoms with van der Waals surface area (Å²) in [6.45, 7) is 5.81. The van der Waals surface area contributed by atoms with E-state index >= 15 is 0 Å². The van der Waals surface area contributed by atoms with Crippen molar-refractivity contribution in [2.24, 2.45) is 0 Å². The van der Waals surface area contributed by atoms with E-state index in [9.17, 15) is 9.59 Å². The molecule has 0 spiro atoms. The first-order valence-electron chi connectivity index (χ1n) is 17.8. The minimum absolute atomic E-state index is 0.243. The number of carbonyl (C=O) groups is 2. The first-order valence-corrected chi connectivity index (χ1v) is 17.8. The third kappa shape index (κ3) is 15.1. The Balaban J connectivity index is 1.25. The Hall–Kier alpha value is -3.16. The molecular formula is C37H57N3O5. The van der Waals surface area contributed by atoms with E-state index in [1.165, 1.54) is 83.5 Å². The van der Waals surface area contributed by atoms with Crippen molar-refractivity contribution in [1.82, 2.24) is 14.9 Å². The number of carbonyl (C=O) groups excluding carboxylic acids is 2. The molecule has 0 unspecified atom stereocenters. The first-order chi connectivity index (χ1) is 22.1. The summed E-state index contributed by atoms with van der Waals surface area (Å²) in [5.41, 5.74) is 1.91. The topological polar surface area (TPSA) is 90.9 Å². The Morgan fingerprint density at radius 2 is 1.24 bits per heavy atom. The number of likely N-dealkylation sites (tertiary alicyclic amines) is 1. The van der Waals surface area contributed by atoms with Gasteiger partial charge >= 0.3 is 12.2 Å². The van der Waals surface area contributed by atoms with Gasteiger partial charge in [-0.1, -0.05) is 116 Å². The molecule has 0 radical (unpaired) electrons. The van der Waals surface area contributed by atoms with Crippen molar-refractivity contribution in [2.75, 3.05) is 19.7 Å². The third-order valence-corrected chi connectivity index (χ3v) is 8.53. The molecule has 1 aromatic heterocycles. The number of nitrogens with zero attached hydrogens (tertiary/aromatic N) is 3. The van der Waals surface area contributed by atoms with Crippen LogP contribution in [-0.4, -0.2) is 52.9 Å². The summed E-state index contributed by atoms with van der Waals surface area (Å²) in [7, 11) is 0. The lowest BCUT2D eigenvalue weighted by Gasteiger charge is -2.30. The lowest BCUT2D eigenvalue weighted by atomic mass is 10.1. The standard InChI is InChI=1S/C37H57N3O5/c1-3-5-7-9-11-12-13-14-16-18-28-43-37(42)45-34-24-26-40(27-25-34)36(41)44-33-22-20-31(21-23-33)32-29-38-35(39-30-32)19-17-15-10-8-6-4-2/h20-23,29-30,34H,3-19,24-28H2,1-2H3. The summed E-state index contributed by atoms with van der Waals surface area (Å²) in [6, 6.07) is 7.40. The van der Waals surface area contributed by atoms with Crippen LogP contribution >= 0.6 is 0 Å². The average Bonchev–Trinajstić information content (AvgIpc) is 3.06. The van der Waals surface area contributed by atoms with Gasteiger partial charge in [0.2, 0.25) is 0 Å². The number of ether oxygens (including phenoxy) is 3. The van der Waals surface area contributed by atoms with Crippen molar-refractivity contribution < 1.29 is 23.8 Å². The number of benzene rings is 1. The van der Waals surface area contributed by atoms with E-state index in [-0.39, 0.29) is 6.10 Å².